The fraction of sp³-hybridized carbons (Fsp3) is 0.333. The van der Waals surface area contributed by atoms with Crippen molar-refractivity contribution in [2.75, 3.05) is 11.6 Å². The van der Waals surface area contributed by atoms with E-state index in [1.807, 2.05) is 37.4 Å². The van der Waals surface area contributed by atoms with E-state index >= 15 is 0 Å². The Kier molecular flexibility index (Phi) is 5.68. The molecule has 0 saturated heterocycles. The summed E-state index contributed by atoms with van der Waals surface area (Å²) in [6.07, 6.45) is 1.66. The summed E-state index contributed by atoms with van der Waals surface area (Å²) in [6, 6.07) is 6.94. The number of aromatic nitrogens is 1. The van der Waals surface area contributed by atoms with Crippen molar-refractivity contribution in [1.82, 2.24) is 10.3 Å². The molecule has 118 valence electrons. The summed E-state index contributed by atoms with van der Waals surface area (Å²) in [4.78, 5) is 16.4. The van der Waals surface area contributed by atoms with Gasteiger partial charge in [0.2, 0.25) is 0 Å². The molecule has 1 aromatic carbocycles. The van der Waals surface area contributed by atoms with Crippen LogP contribution in [0.1, 0.15) is 29.2 Å². The molecule has 0 saturated carbocycles. The number of urea groups is 1. The highest BCUT2D eigenvalue weighted by Gasteiger charge is 2.12. The minimum absolute atomic E-state index is 0.148. The smallest absolute Gasteiger partial charge is 0.319 e. The van der Waals surface area contributed by atoms with Crippen LogP contribution in [-0.4, -0.2) is 21.5 Å². The molecule has 2 rings (SSSR count). The van der Waals surface area contributed by atoms with Gasteiger partial charge in [0, 0.05) is 39.6 Å². The molecule has 0 radical (unpaired) electrons. The molecule has 1 aromatic heterocycles. The lowest BCUT2D eigenvalue weighted by Gasteiger charge is -2.13. The minimum atomic E-state index is -0.904. The zero-order chi connectivity index (χ0) is 16.1. The Morgan fingerprint density at radius 3 is 2.86 bits per heavy atom. The fourth-order valence-corrected chi connectivity index (χ4v) is 3.42. The van der Waals surface area contributed by atoms with E-state index in [9.17, 15) is 9.00 Å². The molecule has 0 fully saturated rings. The summed E-state index contributed by atoms with van der Waals surface area (Å²) in [5.74, 6) is 0.478. The van der Waals surface area contributed by atoms with Crippen LogP contribution in [0.15, 0.2) is 29.6 Å². The first-order chi connectivity index (χ1) is 10.4. The van der Waals surface area contributed by atoms with Crippen LogP contribution in [0.4, 0.5) is 10.5 Å². The topological polar surface area (TPSA) is 71.1 Å². The third-order valence-electron chi connectivity index (χ3n) is 2.91. The number of thiazole rings is 1. The molecule has 5 nitrogen and oxygen atoms in total. The average Bonchev–Trinajstić information content (AvgIpc) is 2.85. The van der Waals surface area contributed by atoms with Gasteiger partial charge in [-0.1, -0.05) is 12.1 Å². The van der Waals surface area contributed by atoms with Gasteiger partial charge in [-0.05, 0) is 31.5 Å². The number of hydrogen-bond acceptors (Lipinski definition) is 4. The van der Waals surface area contributed by atoms with Crippen molar-refractivity contribution in [1.29, 1.82) is 0 Å². The van der Waals surface area contributed by atoms with Crippen molar-refractivity contribution in [3.63, 3.8) is 0 Å². The highest BCUT2D eigenvalue weighted by molar-refractivity contribution is 7.83. The minimum Gasteiger partial charge on any atom is -0.329 e. The molecule has 1 heterocycles. The van der Waals surface area contributed by atoms with Crippen LogP contribution in [0, 0.1) is 6.92 Å². The molecular formula is C15H19N3O2S2. The molecule has 0 aliphatic carbocycles. The first kappa shape index (κ1) is 16.6. The molecule has 2 aromatic rings. The molecule has 2 atom stereocenters. The predicted molar refractivity (Wildman–Crippen MR) is 91.6 cm³/mol. The van der Waals surface area contributed by atoms with Gasteiger partial charge in [0.1, 0.15) is 5.01 Å². The summed E-state index contributed by atoms with van der Waals surface area (Å²) in [5.41, 5.74) is 2.57. The highest BCUT2D eigenvalue weighted by atomic mass is 32.2. The number of amides is 2. The third-order valence-corrected chi connectivity index (χ3v) is 4.79. The maximum atomic E-state index is 12.0. The second-order valence-electron chi connectivity index (χ2n) is 5.07. The molecule has 2 amide bonds. The van der Waals surface area contributed by atoms with Gasteiger partial charge in [-0.3, -0.25) is 4.21 Å². The van der Waals surface area contributed by atoms with Crippen molar-refractivity contribution in [3.8, 4) is 0 Å². The van der Waals surface area contributed by atoms with Crippen molar-refractivity contribution in [2.45, 2.75) is 25.6 Å². The van der Waals surface area contributed by atoms with Gasteiger partial charge in [0.15, 0.2) is 0 Å². The van der Waals surface area contributed by atoms with Crippen molar-refractivity contribution in [2.24, 2.45) is 0 Å². The quantitative estimate of drug-likeness (QED) is 0.880. The SMILES string of the molecule is Cc1csc([C@@H](C)NC(=O)Nc2cccc(C[S@@](C)=O)c2)n1. The van der Waals surface area contributed by atoms with Gasteiger partial charge in [0.05, 0.1) is 6.04 Å². The number of nitrogens with one attached hydrogen (secondary N) is 2. The van der Waals surface area contributed by atoms with Gasteiger partial charge < -0.3 is 10.6 Å². The zero-order valence-corrected chi connectivity index (χ0v) is 14.4. The van der Waals surface area contributed by atoms with E-state index in [1.54, 1.807) is 12.3 Å². The van der Waals surface area contributed by atoms with Gasteiger partial charge in [0.25, 0.3) is 0 Å². The van der Waals surface area contributed by atoms with Crippen LogP contribution >= 0.6 is 11.3 Å². The maximum Gasteiger partial charge on any atom is 0.319 e. The number of benzene rings is 1. The summed E-state index contributed by atoms with van der Waals surface area (Å²) in [7, 11) is -0.904. The van der Waals surface area contributed by atoms with E-state index in [-0.39, 0.29) is 12.1 Å². The van der Waals surface area contributed by atoms with E-state index in [0.29, 0.717) is 11.4 Å². The van der Waals surface area contributed by atoms with Crippen LogP contribution < -0.4 is 10.6 Å². The Morgan fingerprint density at radius 1 is 1.45 bits per heavy atom. The lowest BCUT2D eigenvalue weighted by Crippen LogP contribution is -2.31. The van der Waals surface area contributed by atoms with Crippen LogP contribution in [-0.2, 0) is 16.6 Å². The lowest BCUT2D eigenvalue weighted by atomic mass is 10.2. The molecule has 7 heteroatoms. The summed E-state index contributed by atoms with van der Waals surface area (Å²) < 4.78 is 11.3. The van der Waals surface area contributed by atoms with Gasteiger partial charge >= 0.3 is 6.03 Å². The second kappa shape index (κ2) is 7.51. The van der Waals surface area contributed by atoms with Crippen LogP contribution in [0.2, 0.25) is 0 Å². The molecule has 0 spiro atoms. The number of carbonyl (C=O) groups is 1. The van der Waals surface area contributed by atoms with Gasteiger partial charge in [-0.25, -0.2) is 9.78 Å². The van der Waals surface area contributed by atoms with Crippen LogP contribution in [0.5, 0.6) is 0 Å². The van der Waals surface area contributed by atoms with E-state index < -0.39 is 10.8 Å². The van der Waals surface area contributed by atoms with Crippen molar-refractivity contribution >= 4 is 33.9 Å². The summed E-state index contributed by atoms with van der Waals surface area (Å²) >= 11 is 1.53. The predicted octanol–water partition coefficient (Wildman–Crippen LogP) is 3.21. The second-order valence-corrected chi connectivity index (χ2v) is 7.39. The lowest BCUT2D eigenvalue weighted by molar-refractivity contribution is 0.249. The molecule has 0 aliphatic rings. The molecule has 0 unspecified atom stereocenters. The Labute approximate surface area is 136 Å². The maximum absolute atomic E-state index is 12.0. The summed E-state index contributed by atoms with van der Waals surface area (Å²) in [6.45, 7) is 3.82. The molecule has 0 bridgehead atoms. The van der Waals surface area contributed by atoms with Crippen LogP contribution in [0.3, 0.4) is 0 Å². The normalized spacial score (nSPS) is 13.4. The largest absolute Gasteiger partial charge is 0.329 e. The standard InChI is InChI=1S/C15H19N3O2S2/c1-10-8-21-14(16-10)11(2)17-15(19)18-13-6-4-5-12(7-13)9-22(3)20/h4-8,11H,9H2,1-3H3,(H2,17,18,19)/t11-,22-/m1/s1. The Balaban J connectivity index is 1.95. The van der Waals surface area contributed by atoms with E-state index in [2.05, 4.69) is 15.6 Å². The first-order valence-electron chi connectivity index (χ1n) is 6.82. The van der Waals surface area contributed by atoms with E-state index in [0.717, 1.165) is 16.3 Å². The Hall–Kier alpha value is -1.73. The highest BCUT2D eigenvalue weighted by Crippen LogP contribution is 2.18. The number of rotatable bonds is 5. The third kappa shape index (κ3) is 4.92. The molecular weight excluding hydrogens is 318 g/mol. The number of carbonyl (C=O) groups excluding carboxylic acids is 1. The van der Waals surface area contributed by atoms with Crippen LogP contribution in [0.25, 0.3) is 0 Å². The molecule has 22 heavy (non-hydrogen) atoms. The fourth-order valence-electron chi connectivity index (χ4n) is 1.97. The number of nitrogens with zero attached hydrogens (tertiary/aromatic N) is 1. The zero-order valence-electron chi connectivity index (χ0n) is 12.8. The number of aryl methyl sites for hydroxylation is 1. The number of hydrogen-bond donors (Lipinski definition) is 2. The van der Waals surface area contributed by atoms with Gasteiger partial charge in [-0.15, -0.1) is 11.3 Å². The molecule has 0 aliphatic heterocycles. The van der Waals surface area contributed by atoms with E-state index in [4.69, 9.17) is 0 Å². The average molecular weight is 337 g/mol. The van der Waals surface area contributed by atoms with E-state index in [1.165, 1.54) is 11.3 Å². The molecule has 2 N–H and O–H groups in total. The van der Waals surface area contributed by atoms with Crippen molar-refractivity contribution in [3.05, 3.63) is 45.9 Å². The monoisotopic (exact) mass is 337 g/mol. The Bertz CT molecular complexity index is 685. The summed E-state index contributed by atoms with van der Waals surface area (Å²) in [5, 5.41) is 8.48. The number of anilines is 1. The first-order valence-corrected chi connectivity index (χ1v) is 9.43. The Morgan fingerprint density at radius 2 is 2.23 bits per heavy atom. The van der Waals surface area contributed by atoms with Crippen molar-refractivity contribution < 1.29 is 9.00 Å². The van der Waals surface area contributed by atoms with Gasteiger partial charge in [-0.2, -0.15) is 0 Å².